The van der Waals surface area contributed by atoms with Gasteiger partial charge in [0.2, 0.25) is 5.91 Å². The predicted octanol–water partition coefficient (Wildman–Crippen LogP) is 0.769. The number of tetrazole rings is 1. The molecular formula is C15H16N8O. The van der Waals surface area contributed by atoms with E-state index in [-0.39, 0.29) is 11.8 Å². The minimum atomic E-state index is -0.0923. The molecular weight excluding hydrogens is 308 g/mol. The van der Waals surface area contributed by atoms with Gasteiger partial charge in [-0.3, -0.25) is 9.78 Å². The Balaban J connectivity index is 1.47. The van der Waals surface area contributed by atoms with Crippen molar-refractivity contribution in [1.29, 1.82) is 0 Å². The first kappa shape index (κ1) is 14.5. The van der Waals surface area contributed by atoms with E-state index in [0.717, 1.165) is 25.2 Å². The van der Waals surface area contributed by atoms with Crippen LogP contribution in [-0.2, 0) is 4.79 Å². The third-order valence-electron chi connectivity index (χ3n) is 4.10. The first-order valence-corrected chi connectivity index (χ1v) is 7.81. The molecule has 24 heavy (non-hydrogen) atoms. The Morgan fingerprint density at radius 1 is 1.29 bits per heavy atom. The Hall–Kier alpha value is -3.10. The number of fused-ring (bicyclic) bond motifs is 1. The zero-order valence-electron chi connectivity index (χ0n) is 12.9. The smallest absolute Gasteiger partial charge is 0.229 e. The van der Waals surface area contributed by atoms with Gasteiger partial charge in [-0.05, 0) is 47.5 Å². The average molecular weight is 324 g/mol. The topological polar surface area (TPSA) is 101 Å². The highest BCUT2D eigenvalue weighted by molar-refractivity contribution is 5.92. The normalized spacial score (nSPS) is 17.8. The van der Waals surface area contributed by atoms with Gasteiger partial charge in [-0.15, -0.1) is 14.8 Å². The number of amides is 1. The molecule has 4 rings (SSSR count). The van der Waals surface area contributed by atoms with E-state index < -0.39 is 0 Å². The summed E-state index contributed by atoms with van der Waals surface area (Å²) in [5.74, 6) is 0.690. The summed E-state index contributed by atoms with van der Waals surface area (Å²) in [5, 5.41) is 18.6. The molecule has 0 bridgehead atoms. The lowest BCUT2D eigenvalue weighted by Crippen LogP contribution is -2.41. The van der Waals surface area contributed by atoms with Crippen molar-refractivity contribution in [2.45, 2.75) is 12.8 Å². The molecule has 0 radical (unpaired) electrons. The van der Waals surface area contributed by atoms with Crippen LogP contribution in [0.2, 0.25) is 0 Å². The number of rotatable bonds is 3. The van der Waals surface area contributed by atoms with Crippen molar-refractivity contribution in [2.75, 3.05) is 23.3 Å². The van der Waals surface area contributed by atoms with Crippen molar-refractivity contribution in [3.05, 3.63) is 36.7 Å². The first-order chi connectivity index (χ1) is 11.8. The van der Waals surface area contributed by atoms with Crippen molar-refractivity contribution in [3.8, 4) is 0 Å². The maximum absolute atomic E-state index is 12.5. The van der Waals surface area contributed by atoms with Crippen LogP contribution < -0.4 is 10.2 Å². The highest BCUT2D eigenvalue weighted by atomic mass is 16.1. The van der Waals surface area contributed by atoms with Crippen LogP contribution in [0.5, 0.6) is 0 Å². The van der Waals surface area contributed by atoms with Gasteiger partial charge in [-0.25, -0.2) is 0 Å². The summed E-state index contributed by atoms with van der Waals surface area (Å²) >= 11 is 0. The van der Waals surface area contributed by atoms with Crippen LogP contribution in [0.15, 0.2) is 36.7 Å². The molecule has 1 aliphatic heterocycles. The Morgan fingerprint density at radius 2 is 2.25 bits per heavy atom. The van der Waals surface area contributed by atoms with Gasteiger partial charge in [0, 0.05) is 19.3 Å². The van der Waals surface area contributed by atoms with Crippen LogP contribution in [0, 0.1) is 5.92 Å². The zero-order chi connectivity index (χ0) is 16.4. The number of piperidine rings is 1. The average Bonchev–Trinajstić information content (AvgIpc) is 3.10. The molecule has 1 N–H and O–H groups in total. The highest BCUT2D eigenvalue weighted by Crippen LogP contribution is 2.22. The fraction of sp³-hybridized carbons (Fsp3) is 0.333. The largest absolute Gasteiger partial charge is 0.354 e. The van der Waals surface area contributed by atoms with Crippen molar-refractivity contribution in [2.24, 2.45) is 5.92 Å². The van der Waals surface area contributed by atoms with Crippen molar-refractivity contribution in [3.63, 3.8) is 0 Å². The fourth-order valence-electron chi connectivity index (χ4n) is 2.89. The third kappa shape index (κ3) is 2.87. The molecule has 3 aromatic rings. The second-order valence-corrected chi connectivity index (χ2v) is 5.73. The highest BCUT2D eigenvalue weighted by Gasteiger charge is 2.27. The second kappa shape index (κ2) is 6.19. The molecule has 0 aliphatic carbocycles. The lowest BCUT2D eigenvalue weighted by Gasteiger charge is -2.32. The van der Waals surface area contributed by atoms with E-state index >= 15 is 0 Å². The summed E-state index contributed by atoms with van der Waals surface area (Å²) in [7, 11) is 0. The Labute approximate surface area is 137 Å². The Bertz CT molecular complexity index is 849. The van der Waals surface area contributed by atoms with Crippen LogP contribution in [-0.4, -0.2) is 49.2 Å². The number of aromatic nitrogens is 6. The fourth-order valence-corrected chi connectivity index (χ4v) is 2.89. The zero-order valence-corrected chi connectivity index (χ0v) is 12.9. The van der Waals surface area contributed by atoms with Crippen LogP contribution in [0.4, 0.5) is 11.5 Å². The van der Waals surface area contributed by atoms with E-state index in [1.807, 2.05) is 18.2 Å². The summed E-state index contributed by atoms with van der Waals surface area (Å²) < 4.78 is 1.40. The molecule has 0 unspecified atom stereocenters. The molecule has 1 fully saturated rings. The van der Waals surface area contributed by atoms with E-state index in [2.05, 4.69) is 35.8 Å². The number of nitrogens with one attached hydrogen (secondary N) is 1. The van der Waals surface area contributed by atoms with Gasteiger partial charge in [-0.1, -0.05) is 0 Å². The molecule has 1 atom stereocenters. The van der Waals surface area contributed by atoms with Gasteiger partial charge in [0.1, 0.15) is 0 Å². The van der Waals surface area contributed by atoms with Crippen LogP contribution in [0.3, 0.4) is 0 Å². The Kier molecular flexibility index (Phi) is 3.73. The molecule has 0 aromatic carbocycles. The molecule has 122 valence electrons. The predicted molar refractivity (Wildman–Crippen MR) is 86.4 cm³/mol. The summed E-state index contributed by atoms with van der Waals surface area (Å²) in [6.07, 6.45) is 5.11. The quantitative estimate of drug-likeness (QED) is 0.759. The Morgan fingerprint density at radius 3 is 3.12 bits per heavy atom. The molecule has 1 amide bonds. The van der Waals surface area contributed by atoms with Gasteiger partial charge in [0.25, 0.3) is 0 Å². The van der Waals surface area contributed by atoms with Gasteiger partial charge < -0.3 is 10.2 Å². The van der Waals surface area contributed by atoms with Crippen LogP contribution in [0.25, 0.3) is 5.65 Å². The lowest BCUT2D eigenvalue weighted by atomic mass is 9.97. The second-order valence-electron chi connectivity index (χ2n) is 5.73. The molecule has 3 aromatic heterocycles. The van der Waals surface area contributed by atoms with Gasteiger partial charge >= 0.3 is 0 Å². The van der Waals surface area contributed by atoms with E-state index in [0.29, 0.717) is 17.9 Å². The number of anilines is 2. The summed E-state index contributed by atoms with van der Waals surface area (Å²) in [4.78, 5) is 18.6. The van der Waals surface area contributed by atoms with Crippen LogP contribution in [0.1, 0.15) is 12.8 Å². The SMILES string of the molecule is O=C(Nc1cccnc1)[C@@H]1CCCN(c2ccc3nnnn3n2)C1. The third-order valence-corrected chi connectivity index (χ3v) is 4.10. The van der Waals surface area contributed by atoms with E-state index in [4.69, 9.17) is 0 Å². The van der Waals surface area contributed by atoms with Gasteiger partial charge in [0.05, 0.1) is 17.8 Å². The van der Waals surface area contributed by atoms with Crippen molar-refractivity contribution in [1.82, 2.24) is 30.2 Å². The molecule has 1 aliphatic rings. The van der Waals surface area contributed by atoms with Gasteiger partial charge in [-0.2, -0.15) is 0 Å². The standard InChI is InChI=1S/C15H16N8O/c24-15(17-12-4-1-7-16-9-12)11-3-2-8-22(10-11)14-6-5-13-18-20-21-23(13)19-14/h1,4-7,9,11H,2-3,8,10H2,(H,17,24)/t11-/m1/s1. The van der Waals surface area contributed by atoms with Gasteiger partial charge in [0.15, 0.2) is 11.5 Å². The van der Waals surface area contributed by atoms with Crippen molar-refractivity contribution >= 4 is 23.1 Å². The van der Waals surface area contributed by atoms with E-state index in [9.17, 15) is 4.79 Å². The van der Waals surface area contributed by atoms with Crippen LogP contribution >= 0.6 is 0 Å². The minimum Gasteiger partial charge on any atom is -0.354 e. The maximum Gasteiger partial charge on any atom is 0.229 e. The monoisotopic (exact) mass is 324 g/mol. The number of pyridine rings is 1. The van der Waals surface area contributed by atoms with E-state index in [1.54, 1.807) is 18.5 Å². The van der Waals surface area contributed by atoms with E-state index in [1.165, 1.54) is 4.63 Å². The molecule has 9 heteroatoms. The number of carbonyl (C=O) groups is 1. The summed E-state index contributed by atoms with van der Waals surface area (Å²) in [6.45, 7) is 1.48. The molecule has 0 spiro atoms. The maximum atomic E-state index is 12.5. The molecule has 9 nitrogen and oxygen atoms in total. The number of hydrogen-bond donors (Lipinski definition) is 1. The molecule has 4 heterocycles. The first-order valence-electron chi connectivity index (χ1n) is 7.81. The summed E-state index contributed by atoms with van der Waals surface area (Å²) in [5.41, 5.74) is 1.31. The number of carbonyl (C=O) groups excluding carboxylic acids is 1. The number of nitrogens with zero attached hydrogens (tertiary/aromatic N) is 7. The summed E-state index contributed by atoms with van der Waals surface area (Å²) in [6, 6.07) is 7.33. The molecule has 1 saturated heterocycles. The molecule has 0 saturated carbocycles. The van der Waals surface area contributed by atoms with Crippen molar-refractivity contribution < 1.29 is 4.79 Å². The minimum absolute atomic E-state index is 0.0104. The lowest BCUT2D eigenvalue weighted by molar-refractivity contribution is -0.120. The number of hydrogen-bond acceptors (Lipinski definition) is 7.